The second-order valence-corrected chi connectivity index (χ2v) is 4.33. The summed E-state index contributed by atoms with van der Waals surface area (Å²) >= 11 is 0. The van der Waals surface area contributed by atoms with Crippen molar-refractivity contribution in [2.45, 2.75) is 26.8 Å². The topological polar surface area (TPSA) is 50.4 Å². The van der Waals surface area contributed by atoms with Gasteiger partial charge in [-0.3, -0.25) is 4.79 Å². The van der Waals surface area contributed by atoms with E-state index in [9.17, 15) is 4.79 Å². The molecule has 1 heterocycles. The molecule has 4 nitrogen and oxygen atoms in total. The van der Waals surface area contributed by atoms with Crippen LogP contribution in [0.5, 0.6) is 0 Å². The van der Waals surface area contributed by atoms with Crippen LogP contribution in [-0.2, 0) is 9.53 Å². The Kier molecular flexibility index (Phi) is 5.49. The molecular weight excluding hydrogens is 204 g/mol. The zero-order valence-electron chi connectivity index (χ0n) is 10.4. The lowest BCUT2D eigenvalue weighted by atomic mass is 10.0. The first kappa shape index (κ1) is 13.2. The predicted octanol–water partition coefficient (Wildman–Crippen LogP) is 0.693. The molecule has 1 saturated heterocycles. The molecule has 2 atom stereocenters. The average molecular weight is 226 g/mol. The van der Waals surface area contributed by atoms with E-state index in [1.165, 1.54) is 5.57 Å². The van der Waals surface area contributed by atoms with Crippen molar-refractivity contribution in [1.29, 1.82) is 0 Å². The van der Waals surface area contributed by atoms with Gasteiger partial charge >= 0.3 is 0 Å². The van der Waals surface area contributed by atoms with Crippen LogP contribution >= 0.6 is 0 Å². The first-order chi connectivity index (χ1) is 7.65. The second kappa shape index (κ2) is 6.66. The maximum absolute atomic E-state index is 11.9. The van der Waals surface area contributed by atoms with Gasteiger partial charge in [-0.25, -0.2) is 0 Å². The van der Waals surface area contributed by atoms with Crippen LogP contribution in [0.4, 0.5) is 0 Å². The number of carbonyl (C=O) groups is 1. The molecule has 0 spiro atoms. The molecule has 2 unspecified atom stereocenters. The van der Waals surface area contributed by atoms with Crippen molar-refractivity contribution in [1.82, 2.24) is 10.6 Å². The average Bonchev–Trinajstić information content (AvgIpc) is 2.66. The molecule has 0 aromatic carbocycles. The number of rotatable bonds is 5. The van der Waals surface area contributed by atoms with E-state index in [0.29, 0.717) is 19.8 Å². The Bertz CT molecular complexity index is 260. The number of nitrogens with one attached hydrogen (secondary N) is 2. The van der Waals surface area contributed by atoms with E-state index in [0.717, 1.165) is 6.54 Å². The molecular formula is C12H22N2O2. The minimum absolute atomic E-state index is 0.0505. The van der Waals surface area contributed by atoms with E-state index in [-0.39, 0.29) is 17.9 Å². The van der Waals surface area contributed by atoms with Gasteiger partial charge in [0.1, 0.15) is 0 Å². The molecule has 0 aromatic rings. The van der Waals surface area contributed by atoms with E-state index in [1.54, 1.807) is 0 Å². The zero-order valence-corrected chi connectivity index (χ0v) is 10.4. The lowest BCUT2D eigenvalue weighted by Crippen LogP contribution is -2.43. The third-order valence-electron chi connectivity index (χ3n) is 2.67. The van der Waals surface area contributed by atoms with Crippen molar-refractivity contribution in [2.75, 3.05) is 26.3 Å². The molecule has 1 amide bonds. The molecule has 1 aliphatic rings. The fourth-order valence-electron chi connectivity index (χ4n) is 1.76. The van der Waals surface area contributed by atoms with Gasteiger partial charge in [-0.05, 0) is 20.4 Å². The Morgan fingerprint density at radius 1 is 1.44 bits per heavy atom. The monoisotopic (exact) mass is 226 g/mol. The third kappa shape index (κ3) is 3.94. The highest BCUT2D eigenvalue weighted by molar-refractivity contribution is 5.80. The number of ether oxygens (including phenoxy) is 1. The van der Waals surface area contributed by atoms with Gasteiger partial charge in [0, 0.05) is 12.6 Å². The molecule has 1 fully saturated rings. The zero-order chi connectivity index (χ0) is 12.0. The second-order valence-electron chi connectivity index (χ2n) is 4.33. The Morgan fingerprint density at radius 2 is 2.19 bits per heavy atom. The van der Waals surface area contributed by atoms with Gasteiger partial charge in [0.2, 0.25) is 5.91 Å². The molecule has 4 heteroatoms. The molecule has 0 aliphatic carbocycles. The fraction of sp³-hybridized carbons (Fsp3) is 0.750. The molecule has 0 aromatic heterocycles. The van der Waals surface area contributed by atoms with Crippen molar-refractivity contribution in [3.05, 3.63) is 11.6 Å². The standard InChI is InChI=1S/C12H22N2O2/c1-4-13-11-8-16-7-10(11)12(15)14-6-5-9(2)3/h5,10-11,13H,4,6-8H2,1-3H3,(H,14,15). The summed E-state index contributed by atoms with van der Waals surface area (Å²) in [6.07, 6.45) is 2.01. The van der Waals surface area contributed by atoms with Crippen LogP contribution in [0.2, 0.25) is 0 Å². The van der Waals surface area contributed by atoms with Crippen LogP contribution < -0.4 is 10.6 Å². The van der Waals surface area contributed by atoms with Gasteiger partial charge in [-0.2, -0.15) is 0 Å². The summed E-state index contributed by atoms with van der Waals surface area (Å²) in [6.45, 7) is 8.71. The first-order valence-corrected chi connectivity index (χ1v) is 5.87. The first-order valence-electron chi connectivity index (χ1n) is 5.87. The van der Waals surface area contributed by atoms with Crippen LogP contribution in [0.15, 0.2) is 11.6 Å². The minimum atomic E-state index is -0.0505. The third-order valence-corrected chi connectivity index (χ3v) is 2.67. The van der Waals surface area contributed by atoms with E-state index < -0.39 is 0 Å². The maximum atomic E-state index is 11.9. The Labute approximate surface area is 97.4 Å². The Morgan fingerprint density at radius 3 is 2.81 bits per heavy atom. The van der Waals surface area contributed by atoms with Crippen molar-refractivity contribution >= 4 is 5.91 Å². The molecule has 0 bridgehead atoms. The lowest BCUT2D eigenvalue weighted by molar-refractivity contribution is -0.125. The molecule has 1 aliphatic heterocycles. The molecule has 1 rings (SSSR count). The Hall–Kier alpha value is -0.870. The number of carbonyl (C=O) groups excluding carboxylic acids is 1. The fourth-order valence-corrected chi connectivity index (χ4v) is 1.76. The molecule has 0 saturated carbocycles. The van der Waals surface area contributed by atoms with Gasteiger partial charge in [0.05, 0.1) is 19.1 Å². The number of likely N-dealkylation sites (N-methyl/N-ethyl adjacent to an activating group) is 1. The summed E-state index contributed by atoms with van der Waals surface area (Å²) in [5, 5.41) is 6.18. The quantitative estimate of drug-likeness (QED) is 0.678. The highest BCUT2D eigenvalue weighted by Crippen LogP contribution is 2.13. The highest BCUT2D eigenvalue weighted by atomic mass is 16.5. The number of hydrogen-bond donors (Lipinski definition) is 2. The summed E-state index contributed by atoms with van der Waals surface area (Å²) in [5.74, 6) is 0.0338. The largest absolute Gasteiger partial charge is 0.379 e. The summed E-state index contributed by atoms with van der Waals surface area (Å²) in [7, 11) is 0. The summed E-state index contributed by atoms with van der Waals surface area (Å²) in [6, 6.07) is 0.164. The Balaban J connectivity index is 2.37. The van der Waals surface area contributed by atoms with Crippen LogP contribution in [0.3, 0.4) is 0 Å². The molecule has 16 heavy (non-hydrogen) atoms. The number of allylic oxidation sites excluding steroid dienone is 1. The SMILES string of the molecule is CCNC1COCC1C(=O)NCC=C(C)C. The van der Waals surface area contributed by atoms with E-state index >= 15 is 0 Å². The van der Waals surface area contributed by atoms with Crippen molar-refractivity contribution in [3.8, 4) is 0 Å². The van der Waals surface area contributed by atoms with E-state index in [4.69, 9.17) is 4.74 Å². The van der Waals surface area contributed by atoms with Gasteiger partial charge in [0.15, 0.2) is 0 Å². The van der Waals surface area contributed by atoms with Gasteiger partial charge in [0.25, 0.3) is 0 Å². The molecule has 92 valence electrons. The predicted molar refractivity (Wildman–Crippen MR) is 64.2 cm³/mol. The van der Waals surface area contributed by atoms with Crippen LogP contribution in [0.25, 0.3) is 0 Å². The van der Waals surface area contributed by atoms with Crippen LogP contribution in [0, 0.1) is 5.92 Å². The van der Waals surface area contributed by atoms with Crippen molar-refractivity contribution in [2.24, 2.45) is 5.92 Å². The van der Waals surface area contributed by atoms with Crippen LogP contribution in [-0.4, -0.2) is 38.3 Å². The minimum Gasteiger partial charge on any atom is -0.379 e. The normalized spacial score (nSPS) is 24.2. The van der Waals surface area contributed by atoms with Gasteiger partial charge in [-0.15, -0.1) is 0 Å². The summed E-state index contributed by atoms with van der Waals surface area (Å²) in [5.41, 5.74) is 1.21. The summed E-state index contributed by atoms with van der Waals surface area (Å²) < 4.78 is 5.33. The lowest BCUT2D eigenvalue weighted by Gasteiger charge is -2.17. The number of amides is 1. The summed E-state index contributed by atoms with van der Waals surface area (Å²) in [4.78, 5) is 11.9. The molecule has 0 radical (unpaired) electrons. The molecule has 2 N–H and O–H groups in total. The smallest absolute Gasteiger partial charge is 0.227 e. The van der Waals surface area contributed by atoms with E-state index in [1.807, 2.05) is 26.8 Å². The van der Waals surface area contributed by atoms with Gasteiger partial charge < -0.3 is 15.4 Å². The van der Waals surface area contributed by atoms with E-state index in [2.05, 4.69) is 10.6 Å². The number of hydrogen-bond acceptors (Lipinski definition) is 3. The van der Waals surface area contributed by atoms with Crippen molar-refractivity contribution in [3.63, 3.8) is 0 Å². The van der Waals surface area contributed by atoms with Crippen LogP contribution in [0.1, 0.15) is 20.8 Å². The van der Waals surface area contributed by atoms with Crippen molar-refractivity contribution < 1.29 is 9.53 Å². The van der Waals surface area contributed by atoms with Gasteiger partial charge in [-0.1, -0.05) is 18.6 Å². The highest BCUT2D eigenvalue weighted by Gasteiger charge is 2.32. The maximum Gasteiger partial charge on any atom is 0.227 e.